The van der Waals surface area contributed by atoms with Gasteiger partial charge in [-0.1, -0.05) is 54.9 Å². The van der Waals surface area contributed by atoms with E-state index in [1.807, 2.05) is 48.5 Å². The van der Waals surface area contributed by atoms with Gasteiger partial charge >= 0.3 is 11.9 Å². The standard InChI is InChI=1S/C21H40O4/c1-12-15(4)13-16(19(5,6)7)17(22)24-21(10,11)18(23)25-20(8,9)14(2)3/h14-16H,12-13H2,1-11H3. The molecule has 0 bridgehead atoms. The molecule has 0 saturated carbocycles. The second kappa shape index (κ2) is 8.55. The fraction of sp³-hybridized carbons (Fsp3) is 0.905. The van der Waals surface area contributed by atoms with Crippen molar-refractivity contribution in [1.82, 2.24) is 0 Å². The highest BCUT2D eigenvalue weighted by atomic mass is 16.6. The molecule has 148 valence electrons. The minimum Gasteiger partial charge on any atom is -0.456 e. The molecule has 25 heavy (non-hydrogen) atoms. The third-order valence-corrected chi connectivity index (χ3v) is 5.26. The minimum atomic E-state index is -1.30. The van der Waals surface area contributed by atoms with Crippen LogP contribution in [0.3, 0.4) is 0 Å². The van der Waals surface area contributed by atoms with E-state index in [2.05, 4.69) is 13.8 Å². The molecular weight excluding hydrogens is 316 g/mol. The molecule has 0 rings (SSSR count). The van der Waals surface area contributed by atoms with E-state index in [0.717, 1.165) is 12.8 Å². The summed E-state index contributed by atoms with van der Waals surface area (Å²) in [5.74, 6) is -0.497. The van der Waals surface area contributed by atoms with Crippen LogP contribution in [0.5, 0.6) is 0 Å². The van der Waals surface area contributed by atoms with Crippen molar-refractivity contribution in [3.8, 4) is 0 Å². The molecule has 0 aromatic rings. The van der Waals surface area contributed by atoms with Gasteiger partial charge in [-0.3, -0.25) is 4.79 Å². The highest BCUT2D eigenvalue weighted by Gasteiger charge is 2.42. The number of ether oxygens (including phenoxy) is 2. The van der Waals surface area contributed by atoms with Crippen molar-refractivity contribution < 1.29 is 19.1 Å². The molecule has 2 atom stereocenters. The van der Waals surface area contributed by atoms with Gasteiger partial charge in [-0.15, -0.1) is 0 Å². The quantitative estimate of drug-likeness (QED) is 0.548. The molecule has 0 aromatic carbocycles. The Balaban J connectivity index is 5.22. The van der Waals surface area contributed by atoms with Gasteiger partial charge in [-0.05, 0) is 51.4 Å². The Morgan fingerprint density at radius 1 is 0.880 bits per heavy atom. The second-order valence-electron chi connectivity index (χ2n) is 9.75. The average Bonchev–Trinajstić information content (AvgIpc) is 2.41. The van der Waals surface area contributed by atoms with E-state index in [1.165, 1.54) is 0 Å². The maximum absolute atomic E-state index is 12.8. The van der Waals surface area contributed by atoms with Crippen molar-refractivity contribution >= 4 is 11.9 Å². The molecule has 0 radical (unpaired) electrons. The topological polar surface area (TPSA) is 52.6 Å². The zero-order valence-electron chi connectivity index (χ0n) is 18.3. The summed E-state index contributed by atoms with van der Waals surface area (Å²) < 4.78 is 11.3. The van der Waals surface area contributed by atoms with Crippen molar-refractivity contribution in [3.63, 3.8) is 0 Å². The maximum Gasteiger partial charge on any atom is 0.350 e. The van der Waals surface area contributed by atoms with Gasteiger partial charge in [0.15, 0.2) is 0 Å². The number of hydrogen-bond acceptors (Lipinski definition) is 4. The van der Waals surface area contributed by atoms with E-state index in [4.69, 9.17) is 9.47 Å². The van der Waals surface area contributed by atoms with Crippen molar-refractivity contribution in [2.75, 3.05) is 0 Å². The molecular formula is C21H40O4. The third kappa shape index (κ3) is 7.37. The zero-order valence-corrected chi connectivity index (χ0v) is 18.3. The summed E-state index contributed by atoms with van der Waals surface area (Å²) in [4.78, 5) is 25.4. The average molecular weight is 357 g/mol. The monoisotopic (exact) mass is 356 g/mol. The number of esters is 2. The molecule has 0 saturated heterocycles. The Morgan fingerprint density at radius 3 is 1.72 bits per heavy atom. The first-order valence-corrected chi connectivity index (χ1v) is 9.50. The number of rotatable bonds is 8. The van der Waals surface area contributed by atoms with E-state index in [1.54, 1.807) is 13.8 Å². The molecule has 2 unspecified atom stereocenters. The fourth-order valence-corrected chi connectivity index (χ4v) is 2.22. The van der Waals surface area contributed by atoms with Crippen molar-refractivity contribution in [2.24, 2.45) is 23.2 Å². The Bertz CT molecular complexity index is 455. The molecule has 0 amide bonds. The summed E-state index contributed by atoms with van der Waals surface area (Å²) in [5.41, 5.74) is -2.14. The summed E-state index contributed by atoms with van der Waals surface area (Å²) in [6.45, 7) is 21.3. The lowest BCUT2D eigenvalue weighted by Crippen LogP contribution is -2.46. The van der Waals surface area contributed by atoms with Crippen molar-refractivity contribution in [3.05, 3.63) is 0 Å². The lowest BCUT2D eigenvalue weighted by Gasteiger charge is -2.36. The Kier molecular flexibility index (Phi) is 8.19. The highest BCUT2D eigenvalue weighted by molar-refractivity contribution is 5.83. The first-order valence-electron chi connectivity index (χ1n) is 9.50. The van der Waals surface area contributed by atoms with E-state index in [9.17, 15) is 9.59 Å². The zero-order chi connectivity index (χ0) is 20.2. The molecule has 0 aliphatic heterocycles. The molecule has 4 heteroatoms. The largest absolute Gasteiger partial charge is 0.456 e. The van der Waals surface area contributed by atoms with Crippen LogP contribution >= 0.6 is 0 Å². The minimum absolute atomic E-state index is 0.163. The van der Waals surface area contributed by atoms with Gasteiger partial charge < -0.3 is 9.47 Å². The third-order valence-electron chi connectivity index (χ3n) is 5.26. The van der Waals surface area contributed by atoms with Gasteiger partial charge in [0, 0.05) is 0 Å². The highest BCUT2D eigenvalue weighted by Crippen LogP contribution is 2.35. The number of hydrogen-bond donors (Lipinski definition) is 0. The van der Waals surface area contributed by atoms with Gasteiger partial charge in [-0.25, -0.2) is 4.79 Å². The first-order chi connectivity index (χ1) is 11.0. The first kappa shape index (κ1) is 23.9. The normalized spacial score (nSPS) is 15.7. The van der Waals surface area contributed by atoms with Gasteiger partial charge in [-0.2, -0.15) is 0 Å². The fourth-order valence-electron chi connectivity index (χ4n) is 2.22. The SMILES string of the molecule is CCC(C)CC(C(=O)OC(C)(C)C(=O)OC(C)(C)C(C)C)C(C)(C)C. The lowest BCUT2D eigenvalue weighted by atomic mass is 9.75. The molecule has 0 aliphatic carbocycles. The van der Waals surface area contributed by atoms with Crippen LogP contribution in [-0.2, 0) is 19.1 Å². The maximum atomic E-state index is 12.8. The van der Waals surface area contributed by atoms with E-state index < -0.39 is 17.2 Å². The molecule has 4 nitrogen and oxygen atoms in total. The van der Waals surface area contributed by atoms with Crippen LogP contribution in [0, 0.1) is 23.2 Å². The smallest absolute Gasteiger partial charge is 0.350 e. The van der Waals surface area contributed by atoms with Gasteiger partial charge in [0.1, 0.15) is 5.60 Å². The van der Waals surface area contributed by atoms with Crippen molar-refractivity contribution in [2.45, 2.75) is 100 Å². The lowest BCUT2D eigenvalue weighted by molar-refractivity contribution is -0.194. The molecule has 0 aliphatic rings. The molecule has 0 fully saturated rings. The van der Waals surface area contributed by atoms with Gasteiger partial charge in [0.05, 0.1) is 5.92 Å². The molecule has 0 aromatic heterocycles. The number of carbonyl (C=O) groups is 2. The second-order valence-corrected chi connectivity index (χ2v) is 9.75. The Labute approximate surface area is 155 Å². The predicted octanol–water partition coefficient (Wildman–Crippen LogP) is 5.38. The van der Waals surface area contributed by atoms with E-state index in [0.29, 0.717) is 5.92 Å². The predicted molar refractivity (Wildman–Crippen MR) is 102 cm³/mol. The Morgan fingerprint density at radius 2 is 1.36 bits per heavy atom. The van der Waals surface area contributed by atoms with Crippen LogP contribution in [-0.4, -0.2) is 23.1 Å². The summed E-state index contributed by atoms with van der Waals surface area (Å²) in [5, 5.41) is 0. The summed E-state index contributed by atoms with van der Waals surface area (Å²) in [6, 6.07) is 0. The van der Waals surface area contributed by atoms with E-state index >= 15 is 0 Å². The molecule has 0 N–H and O–H groups in total. The molecule has 0 heterocycles. The van der Waals surface area contributed by atoms with Crippen LogP contribution in [0.25, 0.3) is 0 Å². The number of carbonyl (C=O) groups excluding carboxylic acids is 2. The van der Waals surface area contributed by atoms with Crippen LogP contribution in [0.2, 0.25) is 0 Å². The summed E-state index contributed by atoms with van der Waals surface area (Å²) in [7, 11) is 0. The van der Waals surface area contributed by atoms with Crippen molar-refractivity contribution in [1.29, 1.82) is 0 Å². The summed E-state index contributed by atoms with van der Waals surface area (Å²) in [6.07, 6.45) is 1.76. The van der Waals surface area contributed by atoms with Crippen LogP contribution in [0.15, 0.2) is 0 Å². The van der Waals surface area contributed by atoms with Crippen LogP contribution < -0.4 is 0 Å². The van der Waals surface area contributed by atoms with Crippen LogP contribution in [0.1, 0.15) is 89.0 Å². The van der Waals surface area contributed by atoms with Crippen LogP contribution in [0.4, 0.5) is 0 Å². The van der Waals surface area contributed by atoms with E-state index in [-0.39, 0.29) is 23.2 Å². The summed E-state index contributed by atoms with van der Waals surface area (Å²) >= 11 is 0. The van der Waals surface area contributed by atoms with Gasteiger partial charge in [0.25, 0.3) is 0 Å². The Hall–Kier alpha value is -1.06. The van der Waals surface area contributed by atoms with Gasteiger partial charge in [0.2, 0.25) is 5.60 Å². The molecule has 0 spiro atoms.